The predicted octanol–water partition coefficient (Wildman–Crippen LogP) is 6.08. The van der Waals surface area contributed by atoms with E-state index in [2.05, 4.69) is 38.1 Å². The van der Waals surface area contributed by atoms with Crippen LogP contribution in [-0.4, -0.2) is 14.8 Å². The van der Waals surface area contributed by atoms with E-state index < -0.39 is 0 Å². The minimum absolute atomic E-state index is 0.0277. The van der Waals surface area contributed by atoms with Gasteiger partial charge in [0.25, 0.3) is 0 Å². The Labute approximate surface area is 165 Å². The van der Waals surface area contributed by atoms with Crippen molar-refractivity contribution in [2.24, 2.45) is 10.2 Å². The van der Waals surface area contributed by atoms with Gasteiger partial charge >= 0.3 is 0 Å². The molecule has 0 amide bonds. The van der Waals surface area contributed by atoms with Crippen LogP contribution in [0.2, 0.25) is 0 Å². The van der Waals surface area contributed by atoms with E-state index in [1.165, 1.54) is 0 Å². The van der Waals surface area contributed by atoms with Gasteiger partial charge in [-0.2, -0.15) is 0 Å². The van der Waals surface area contributed by atoms with Gasteiger partial charge in [0.1, 0.15) is 0 Å². The number of halogens is 1. The van der Waals surface area contributed by atoms with E-state index >= 15 is 0 Å². The zero-order valence-electron chi connectivity index (χ0n) is 14.1. The number of nitrogens with one attached hydrogen (secondary N) is 1. The number of allylic oxidation sites excluding steroid dienone is 1. The second kappa shape index (κ2) is 7.80. The highest BCUT2D eigenvalue weighted by atomic mass is 79.9. The van der Waals surface area contributed by atoms with E-state index in [1.807, 2.05) is 49.4 Å². The fraction of sp³-hybridized carbons (Fsp3) is 0.105. The molecule has 2 N–H and O–H groups in total. The summed E-state index contributed by atoms with van der Waals surface area (Å²) in [4.78, 5) is 0. The van der Waals surface area contributed by atoms with Crippen LogP contribution in [0.25, 0.3) is 10.9 Å². The Morgan fingerprint density at radius 2 is 2.04 bits per heavy atom. The van der Waals surface area contributed by atoms with Gasteiger partial charge in [-0.25, -0.2) is 0 Å². The zero-order valence-corrected chi connectivity index (χ0v) is 16.5. The maximum absolute atomic E-state index is 10.6. The summed E-state index contributed by atoms with van der Waals surface area (Å²) in [6.45, 7) is 6.21. The van der Waals surface area contributed by atoms with Crippen LogP contribution in [0, 0.1) is 6.92 Å². The molecule has 0 bridgehead atoms. The van der Waals surface area contributed by atoms with E-state index in [0.717, 1.165) is 26.6 Å². The molecule has 5 nitrogen and oxygen atoms in total. The summed E-state index contributed by atoms with van der Waals surface area (Å²) >= 11 is 8.68. The number of thiocarbonyl (C=S) groups is 1. The molecule has 0 aliphatic carbocycles. The van der Waals surface area contributed by atoms with Crippen molar-refractivity contribution in [3.05, 3.63) is 65.2 Å². The molecule has 0 radical (unpaired) electrons. The number of anilines is 1. The number of rotatable bonds is 4. The van der Waals surface area contributed by atoms with Crippen LogP contribution in [0.1, 0.15) is 5.56 Å². The summed E-state index contributed by atoms with van der Waals surface area (Å²) in [6.07, 6.45) is 1.71. The highest BCUT2D eigenvalue weighted by molar-refractivity contribution is 9.10. The molecule has 26 heavy (non-hydrogen) atoms. The summed E-state index contributed by atoms with van der Waals surface area (Å²) in [5, 5.41) is 22.8. The van der Waals surface area contributed by atoms with Crippen LogP contribution in [0.3, 0.4) is 0 Å². The number of aryl methyl sites for hydroxylation is 1. The second-order valence-electron chi connectivity index (χ2n) is 5.73. The first-order valence-electron chi connectivity index (χ1n) is 7.90. The topological polar surface area (TPSA) is 61.9 Å². The molecule has 0 atom stereocenters. The van der Waals surface area contributed by atoms with E-state index in [9.17, 15) is 5.11 Å². The molecule has 0 aliphatic rings. The maximum atomic E-state index is 10.6. The molecule has 3 aromatic rings. The molecule has 0 aliphatic heterocycles. The molecule has 0 saturated carbocycles. The molecule has 0 spiro atoms. The van der Waals surface area contributed by atoms with Crippen molar-refractivity contribution in [3.63, 3.8) is 0 Å². The van der Waals surface area contributed by atoms with Gasteiger partial charge in [-0.15, -0.1) is 16.8 Å². The first-order chi connectivity index (χ1) is 12.5. The second-order valence-corrected chi connectivity index (χ2v) is 7.03. The number of aromatic nitrogens is 1. The van der Waals surface area contributed by atoms with Gasteiger partial charge in [0, 0.05) is 22.1 Å². The van der Waals surface area contributed by atoms with Crippen molar-refractivity contribution in [1.29, 1.82) is 0 Å². The van der Waals surface area contributed by atoms with E-state index in [1.54, 1.807) is 10.6 Å². The highest BCUT2D eigenvalue weighted by Crippen LogP contribution is 2.40. The summed E-state index contributed by atoms with van der Waals surface area (Å²) < 4.78 is 2.61. The molecule has 2 aromatic carbocycles. The van der Waals surface area contributed by atoms with Crippen LogP contribution in [-0.2, 0) is 6.54 Å². The predicted molar refractivity (Wildman–Crippen MR) is 113 cm³/mol. The smallest absolute Gasteiger partial charge is 0.221 e. The van der Waals surface area contributed by atoms with Crippen molar-refractivity contribution in [2.75, 3.05) is 5.32 Å². The molecule has 1 aromatic heterocycles. The summed E-state index contributed by atoms with van der Waals surface area (Å²) in [5.41, 5.74) is 3.21. The van der Waals surface area contributed by atoms with Crippen LogP contribution in [0.15, 0.2) is 69.8 Å². The van der Waals surface area contributed by atoms with E-state index in [4.69, 9.17) is 12.2 Å². The molecule has 7 heteroatoms. The summed E-state index contributed by atoms with van der Waals surface area (Å²) in [5.74, 6) is 0.0277. The lowest BCUT2D eigenvalue weighted by atomic mass is 10.2. The first-order valence-corrected chi connectivity index (χ1v) is 9.10. The lowest BCUT2D eigenvalue weighted by Crippen LogP contribution is -2.04. The minimum Gasteiger partial charge on any atom is -0.493 e. The Balaban J connectivity index is 1.92. The van der Waals surface area contributed by atoms with E-state index in [-0.39, 0.29) is 11.0 Å². The number of azo groups is 1. The van der Waals surface area contributed by atoms with Gasteiger partial charge in [-0.1, -0.05) is 39.7 Å². The van der Waals surface area contributed by atoms with E-state index in [0.29, 0.717) is 12.2 Å². The van der Waals surface area contributed by atoms with Gasteiger partial charge in [-0.05, 0) is 49.5 Å². The first kappa shape index (κ1) is 18.3. The quantitative estimate of drug-likeness (QED) is 0.300. The number of hydrogen-bond acceptors (Lipinski definition) is 3. The third-order valence-electron chi connectivity index (χ3n) is 3.83. The minimum atomic E-state index is 0.0277. The lowest BCUT2D eigenvalue weighted by Gasteiger charge is -2.03. The van der Waals surface area contributed by atoms with Crippen molar-refractivity contribution in [2.45, 2.75) is 13.5 Å². The normalized spacial score (nSPS) is 11.2. The highest BCUT2D eigenvalue weighted by Gasteiger charge is 2.16. The van der Waals surface area contributed by atoms with Crippen LogP contribution >= 0.6 is 28.1 Å². The fourth-order valence-electron chi connectivity index (χ4n) is 2.59. The standard InChI is InChI=1S/C19H17BrN4OS/c1-3-10-24-16-9-6-13(20)11-15(16)17(18(24)25)22-23-19(26)21-14-7-4-12(2)5-8-14/h3-9,11,25H,1,10H2,2H3,(H,21,26). The number of hydrogen-bond donors (Lipinski definition) is 2. The Kier molecular flexibility index (Phi) is 5.49. The molecule has 3 rings (SSSR count). The third kappa shape index (κ3) is 3.84. The Bertz CT molecular complexity index is 1010. The molecule has 132 valence electrons. The van der Waals surface area contributed by atoms with Gasteiger partial charge in [-0.3, -0.25) is 0 Å². The van der Waals surface area contributed by atoms with Gasteiger partial charge in [0.15, 0.2) is 5.69 Å². The van der Waals surface area contributed by atoms with Crippen LogP contribution in [0.4, 0.5) is 11.4 Å². The van der Waals surface area contributed by atoms with Crippen LogP contribution in [0.5, 0.6) is 5.88 Å². The van der Waals surface area contributed by atoms with Crippen molar-refractivity contribution >= 4 is 55.5 Å². The summed E-state index contributed by atoms with van der Waals surface area (Å²) in [6, 6.07) is 13.5. The van der Waals surface area contributed by atoms with Crippen molar-refractivity contribution in [3.8, 4) is 5.88 Å². The molecular formula is C19H17BrN4OS. The van der Waals surface area contributed by atoms with Crippen molar-refractivity contribution in [1.82, 2.24) is 4.57 Å². The maximum Gasteiger partial charge on any atom is 0.221 e. The fourth-order valence-corrected chi connectivity index (χ4v) is 3.11. The molecule has 1 heterocycles. The Morgan fingerprint density at radius 3 is 2.73 bits per heavy atom. The van der Waals surface area contributed by atoms with Gasteiger partial charge in [0.05, 0.1) is 5.52 Å². The van der Waals surface area contributed by atoms with Gasteiger partial charge < -0.3 is 15.0 Å². The number of benzene rings is 2. The zero-order chi connectivity index (χ0) is 18.7. The SMILES string of the molecule is C=CCn1c(O)c(N=NC(=S)Nc2ccc(C)cc2)c2cc(Br)ccc21. The molecule has 0 unspecified atom stereocenters. The largest absolute Gasteiger partial charge is 0.493 e. The summed E-state index contributed by atoms with van der Waals surface area (Å²) in [7, 11) is 0. The lowest BCUT2D eigenvalue weighted by molar-refractivity contribution is 0.431. The van der Waals surface area contributed by atoms with Crippen molar-refractivity contribution < 1.29 is 5.11 Å². The number of aromatic hydroxyl groups is 1. The molecule has 0 fully saturated rings. The Hall–Kier alpha value is -2.51. The van der Waals surface area contributed by atoms with Gasteiger partial charge in [0.2, 0.25) is 11.0 Å². The number of nitrogens with zero attached hydrogens (tertiary/aromatic N) is 3. The molecular weight excluding hydrogens is 412 g/mol. The average Bonchev–Trinajstić information content (AvgIpc) is 2.87. The molecule has 0 saturated heterocycles. The average molecular weight is 429 g/mol. The Morgan fingerprint density at radius 1 is 1.31 bits per heavy atom. The monoisotopic (exact) mass is 428 g/mol. The number of fused-ring (bicyclic) bond motifs is 1. The third-order valence-corrected chi connectivity index (χ3v) is 4.50. The van der Waals surface area contributed by atoms with Crippen LogP contribution < -0.4 is 5.32 Å².